The molecule has 7 aromatic carbocycles. The number of para-hydroxylation sites is 2. The number of hydrogen-bond donors (Lipinski definition) is 0. The normalized spacial score (nSPS) is 11.1. The summed E-state index contributed by atoms with van der Waals surface area (Å²) in [5.41, 5.74) is 12.9. The highest BCUT2D eigenvalue weighted by molar-refractivity contribution is 6.09. The van der Waals surface area contributed by atoms with Crippen LogP contribution in [0.5, 0.6) is 0 Å². The molecule has 0 atom stereocenters. The van der Waals surface area contributed by atoms with Gasteiger partial charge in [0.05, 0.1) is 22.7 Å². The van der Waals surface area contributed by atoms with Crippen LogP contribution in [0.1, 0.15) is 5.56 Å². The van der Waals surface area contributed by atoms with E-state index in [1.807, 2.05) is 12.1 Å². The fourth-order valence-corrected chi connectivity index (χ4v) is 6.44. The summed E-state index contributed by atoms with van der Waals surface area (Å²) in [5.74, 6) is 0. The van der Waals surface area contributed by atoms with Gasteiger partial charge >= 0.3 is 0 Å². The van der Waals surface area contributed by atoms with Gasteiger partial charge in [-0.3, -0.25) is 0 Å². The molecule has 0 amide bonds. The van der Waals surface area contributed by atoms with E-state index < -0.39 is 0 Å². The molecule has 0 radical (unpaired) electrons. The van der Waals surface area contributed by atoms with Gasteiger partial charge in [0.2, 0.25) is 0 Å². The van der Waals surface area contributed by atoms with Crippen molar-refractivity contribution in [1.29, 1.82) is 5.26 Å². The molecule has 1 aromatic heterocycles. The number of hydrogen-bond acceptors (Lipinski definition) is 1. The van der Waals surface area contributed by atoms with Crippen LogP contribution in [0.15, 0.2) is 170 Å². The Morgan fingerprint density at radius 2 is 0.778 bits per heavy atom. The molecule has 0 fully saturated rings. The molecule has 0 aliphatic heterocycles. The lowest BCUT2D eigenvalue weighted by Gasteiger charge is -2.14. The first-order valence-corrected chi connectivity index (χ1v) is 15.2. The Morgan fingerprint density at radius 3 is 1.31 bits per heavy atom. The van der Waals surface area contributed by atoms with Crippen LogP contribution in [0.4, 0.5) is 0 Å². The second-order valence-corrected chi connectivity index (χ2v) is 11.4. The highest BCUT2D eigenvalue weighted by atomic mass is 15.0. The molecule has 2 nitrogen and oxygen atoms in total. The van der Waals surface area contributed by atoms with E-state index in [-0.39, 0.29) is 0 Å². The standard InChI is InChI=1S/C43H28N2/c44-29-30-22-35(28-39(23-30)45-42-20-9-7-18-40(42)41-19-8-10-21-43(41)45)33-16-11-17-34(24-33)38-26-36(31-12-3-1-4-13-31)25-37(27-38)32-14-5-2-6-15-32/h1-28H. The smallest absolute Gasteiger partial charge is 0.0992 e. The fourth-order valence-electron chi connectivity index (χ4n) is 6.44. The minimum absolute atomic E-state index is 0.632. The molecule has 8 aromatic rings. The van der Waals surface area contributed by atoms with Crippen molar-refractivity contribution in [1.82, 2.24) is 4.57 Å². The summed E-state index contributed by atoms with van der Waals surface area (Å²) >= 11 is 0. The molecule has 1 heterocycles. The van der Waals surface area contributed by atoms with Crippen LogP contribution in [0, 0.1) is 11.3 Å². The Labute approximate surface area is 262 Å². The zero-order valence-electron chi connectivity index (χ0n) is 24.6. The molecule has 0 N–H and O–H groups in total. The molecule has 0 bridgehead atoms. The zero-order chi connectivity index (χ0) is 30.2. The molecule has 2 heteroatoms. The number of fused-ring (bicyclic) bond motifs is 3. The summed E-state index contributed by atoms with van der Waals surface area (Å²) in [6.45, 7) is 0. The Kier molecular flexibility index (Phi) is 6.56. The minimum Gasteiger partial charge on any atom is -0.309 e. The lowest BCUT2D eigenvalue weighted by atomic mass is 9.92. The zero-order valence-corrected chi connectivity index (χ0v) is 24.6. The van der Waals surface area contributed by atoms with E-state index in [0.29, 0.717) is 5.56 Å². The molecule has 0 saturated carbocycles. The van der Waals surface area contributed by atoms with Crippen LogP contribution in [0.2, 0.25) is 0 Å². The van der Waals surface area contributed by atoms with Crippen molar-refractivity contribution in [3.63, 3.8) is 0 Å². The molecule has 8 rings (SSSR count). The monoisotopic (exact) mass is 572 g/mol. The first-order valence-electron chi connectivity index (χ1n) is 15.2. The van der Waals surface area contributed by atoms with Crippen molar-refractivity contribution in [2.24, 2.45) is 0 Å². The second kappa shape index (κ2) is 11.2. The van der Waals surface area contributed by atoms with Crippen LogP contribution >= 0.6 is 0 Å². The molecule has 0 spiro atoms. The third-order valence-electron chi connectivity index (χ3n) is 8.56. The Hall–Kier alpha value is -6.17. The van der Waals surface area contributed by atoms with E-state index in [2.05, 4.69) is 168 Å². The number of nitrogens with zero attached hydrogens (tertiary/aromatic N) is 2. The molecule has 45 heavy (non-hydrogen) atoms. The van der Waals surface area contributed by atoms with Gasteiger partial charge in [0.15, 0.2) is 0 Å². The van der Waals surface area contributed by atoms with Crippen molar-refractivity contribution in [3.8, 4) is 56.3 Å². The second-order valence-electron chi connectivity index (χ2n) is 11.4. The van der Waals surface area contributed by atoms with Gasteiger partial charge in [0.25, 0.3) is 0 Å². The van der Waals surface area contributed by atoms with Crippen molar-refractivity contribution < 1.29 is 0 Å². The van der Waals surface area contributed by atoms with E-state index >= 15 is 0 Å². The third-order valence-corrected chi connectivity index (χ3v) is 8.56. The maximum Gasteiger partial charge on any atom is 0.0992 e. The number of aromatic nitrogens is 1. The van der Waals surface area contributed by atoms with Crippen molar-refractivity contribution in [3.05, 3.63) is 175 Å². The maximum absolute atomic E-state index is 10.1. The Balaban J connectivity index is 1.29. The van der Waals surface area contributed by atoms with Gasteiger partial charge in [0, 0.05) is 16.5 Å². The summed E-state index contributed by atoms with van der Waals surface area (Å²) in [5, 5.41) is 12.5. The summed E-state index contributed by atoms with van der Waals surface area (Å²) < 4.78 is 2.27. The van der Waals surface area contributed by atoms with Gasteiger partial charge < -0.3 is 4.57 Å². The quantitative estimate of drug-likeness (QED) is 0.202. The summed E-state index contributed by atoms with van der Waals surface area (Å²) in [4.78, 5) is 0. The summed E-state index contributed by atoms with van der Waals surface area (Å²) in [6, 6.07) is 62.1. The molecule has 210 valence electrons. The minimum atomic E-state index is 0.632. The lowest BCUT2D eigenvalue weighted by Crippen LogP contribution is -1.96. The molecule has 0 saturated heterocycles. The molecular formula is C43H28N2. The summed E-state index contributed by atoms with van der Waals surface area (Å²) in [6.07, 6.45) is 0. The molecule has 0 unspecified atom stereocenters. The predicted octanol–water partition coefficient (Wildman–Crippen LogP) is 11.3. The average molecular weight is 573 g/mol. The largest absolute Gasteiger partial charge is 0.309 e. The van der Waals surface area contributed by atoms with Crippen LogP contribution < -0.4 is 0 Å². The van der Waals surface area contributed by atoms with E-state index in [9.17, 15) is 5.26 Å². The van der Waals surface area contributed by atoms with Crippen LogP contribution in [0.25, 0.3) is 72.0 Å². The summed E-state index contributed by atoms with van der Waals surface area (Å²) in [7, 11) is 0. The number of nitriles is 1. The molecular weight excluding hydrogens is 544 g/mol. The SMILES string of the molecule is N#Cc1cc(-c2cccc(-c3cc(-c4ccccc4)cc(-c4ccccc4)c3)c2)cc(-n2c3ccccc3c3ccccc32)c1. The maximum atomic E-state index is 10.1. The average Bonchev–Trinajstić information content (AvgIpc) is 3.46. The van der Waals surface area contributed by atoms with Gasteiger partial charge in [-0.1, -0.05) is 115 Å². The van der Waals surface area contributed by atoms with Crippen molar-refractivity contribution in [2.45, 2.75) is 0 Å². The first kappa shape index (κ1) is 26.5. The Bertz CT molecular complexity index is 2260. The van der Waals surface area contributed by atoms with Gasteiger partial charge in [-0.2, -0.15) is 5.26 Å². The molecule has 0 aliphatic rings. The van der Waals surface area contributed by atoms with E-state index in [1.165, 1.54) is 33.0 Å². The fraction of sp³-hybridized carbons (Fsp3) is 0. The highest BCUT2D eigenvalue weighted by Crippen LogP contribution is 2.37. The number of rotatable bonds is 5. The lowest BCUT2D eigenvalue weighted by molar-refractivity contribution is 1.18. The van der Waals surface area contributed by atoms with Crippen LogP contribution in [-0.4, -0.2) is 4.57 Å². The van der Waals surface area contributed by atoms with Crippen LogP contribution in [-0.2, 0) is 0 Å². The van der Waals surface area contributed by atoms with Crippen molar-refractivity contribution in [2.75, 3.05) is 0 Å². The molecule has 0 aliphatic carbocycles. The van der Waals surface area contributed by atoms with Gasteiger partial charge in [0.1, 0.15) is 0 Å². The van der Waals surface area contributed by atoms with Crippen LogP contribution in [0.3, 0.4) is 0 Å². The topological polar surface area (TPSA) is 28.7 Å². The highest BCUT2D eigenvalue weighted by Gasteiger charge is 2.14. The Morgan fingerprint density at radius 1 is 0.356 bits per heavy atom. The van der Waals surface area contributed by atoms with Gasteiger partial charge in [-0.05, 0) is 99.1 Å². The van der Waals surface area contributed by atoms with Gasteiger partial charge in [-0.25, -0.2) is 0 Å². The first-order chi connectivity index (χ1) is 22.2. The van der Waals surface area contributed by atoms with Gasteiger partial charge in [-0.15, -0.1) is 0 Å². The third kappa shape index (κ3) is 4.87. The predicted molar refractivity (Wildman–Crippen MR) is 187 cm³/mol. The number of benzene rings is 7. The van der Waals surface area contributed by atoms with Crippen molar-refractivity contribution >= 4 is 21.8 Å². The van der Waals surface area contributed by atoms with E-state index in [4.69, 9.17) is 0 Å². The van der Waals surface area contributed by atoms with E-state index in [0.717, 1.165) is 39.0 Å². The van der Waals surface area contributed by atoms with E-state index in [1.54, 1.807) is 0 Å².